The van der Waals surface area contributed by atoms with E-state index < -0.39 is 45.1 Å². The molecular formula is C19H14F4N4O4S. The Labute approximate surface area is 179 Å². The Morgan fingerprint density at radius 2 is 1.81 bits per heavy atom. The molecule has 168 valence electrons. The van der Waals surface area contributed by atoms with Crippen LogP contribution in [0.4, 0.5) is 23.2 Å². The van der Waals surface area contributed by atoms with Crippen LogP contribution < -0.4 is 15.2 Å². The number of ether oxygens (including phenoxy) is 1. The van der Waals surface area contributed by atoms with Gasteiger partial charge in [0.15, 0.2) is 5.69 Å². The quantitative estimate of drug-likeness (QED) is 0.549. The summed E-state index contributed by atoms with van der Waals surface area (Å²) in [5.41, 5.74) is -1.79. The van der Waals surface area contributed by atoms with Crippen LogP contribution in [0.1, 0.15) is 21.6 Å². The molecule has 2 aromatic carbocycles. The fourth-order valence-corrected chi connectivity index (χ4v) is 3.05. The maximum absolute atomic E-state index is 13.5. The molecule has 1 heterocycles. The van der Waals surface area contributed by atoms with Crippen molar-refractivity contribution in [2.24, 2.45) is 5.14 Å². The molecule has 0 aliphatic rings. The largest absolute Gasteiger partial charge is 0.437 e. The molecule has 13 heteroatoms. The number of aromatic nitrogens is 2. The first kappa shape index (κ1) is 23.1. The first-order chi connectivity index (χ1) is 14.8. The van der Waals surface area contributed by atoms with Gasteiger partial charge in [-0.2, -0.15) is 13.2 Å². The molecule has 0 radical (unpaired) electrons. The van der Waals surface area contributed by atoms with Gasteiger partial charge in [0.05, 0.1) is 4.90 Å². The monoisotopic (exact) mass is 470 g/mol. The lowest BCUT2D eigenvalue weighted by atomic mass is 10.2. The topological polar surface area (TPSA) is 124 Å². The zero-order valence-electron chi connectivity index (χ0n) is 16.1. The van der Waals surface area contributed by atoms with E-state index in [1.165, 1.54) is 24.3 Å². The summed E-state index contributed by atoms with van der Waals surface area (Å²) in [4.78, 5) is 12.4. The SMILES string of the molecule is Cc1ccc(F)cc1Oc1nnc(C(F)(F)F)cc1C(=O)Nc1cccc(S(N)(=O)=O)c1. The first-order valence-corrected chi connectivity index (χ1v) is 10.2. The fourth-order valence-electron chi connectivity index (χ4n) is 2.49. The number of halogens is 4. The van der Waals surface area contributed by atoms with Crippen LogP contribution in [-0.2, 0) is 16.2 Å². The number of benzene rings is 2. The highest BCUT2D eigenvalue weighted by atomic mass is 32.2. The summed E-state index contributed by atoms with van der Waals surface area (Å²) in [6.45, 7) is 1.55. The first-order valence-electron chi connectivity index (χ1n) is 8.68. The lowest BCUT2D eigenvalue weighted by Gasteiger charge is -2.14. The number of nitrogens with zero attached hydrogens (tertiary/aromatic N) is 2. The van der Waals surface area contributed by atoms with Gasteiger partial charge in [-0.15, -0.1) is 10.2 Å². The predicted molar refractivity (Wildman–Crippen MR) is 104 cm³/mol. The highest BCUT2D eigenvalue weighted by Gasteiger charge is 2.35. The number of rotatable bonds is 5. The van der Waals surface area contributed by atoms with E-state index in [4.69, 9.17) is 9.88 Å². The number of primary sulfonamides is 1. The second-order valence-electron chi connectivity index (χ2n) is 6.49. The molecule has 0 atom stereocenters. The van der Waals surface area contributed by atoms with E-state index in [1.54, 1.807) is 6.92 Å². The van der Waals surface area contributed by atoms with Crippen LogP contribution in [0.3, 0.4) is 0 Å². The molecule has 0 bridgehead atoms. The van der Waals surface area contributed by atoms with Crippen molar-refractivity contribution >= 4 is 21.6 Å². The van der Waals surface area contributed by atoms with Gasteiger partial charge >= 0.3 is 6.18 Å². The summed E-state index contributed by atoms with van der Waals surface area (Å²) in [6.07, 6.45) is -4.91. The van der Waals surface area contributed by atoms with Gasteiger partial charge in [0.1, 0.15) is 17.1 Å². The zero-order valence-corrected chi connectivity index (χ0v) is 17.0. The molecule has 8 nitrogen and oxygen atoms in total. The highest BCUT2D eigenvalue weighted by Crippen LogP contribution is 2.32. The second kappa shape index (κ2) is 8.51. The van der Waals surface area contributed by atoms with Crippen LogP contribution in [0.25, 0.3) is 0 Å². The van der Waals surface area contributed by atoms with E-state index in [9.17, 15) is 30.8 Å². The standard InChI is InChI=1S/C19H14F4N4O4S/c1-10-5-6-11(20)7-15(10)31-18-14(9-16(26-27-18)19(21,22)23)17(28)25-12-3-2-4-13(8-12)32(24,29)30/h2-9H,1H3,(H,25,28)(H2,24,29,30). The van der Waals surface area contributed by atoms with Crippen molar-refractivity contribution in [3.05, 3.63) is 71.2 Å². The molecule has 1 aromatic heterocycles. The van der Waals surface area contributed by atoms with E-state index in [0.29, 0.717) is 11.6 Å². The number of anilines is 1. The van der Waals surface area contributed by atoms with E-state index in [1.807, 2.05) is 0 Å². The minimum atomic E-state index is -4.91. The third-order valence-electron chi connectivity index (χ3n) is 4.07. The predicted octanol–water partition coefficient (Wildman–Crippen LogP) is 3.63. The van der Waals surface area contributed by atoms with Crippen molar-refractivity contribution in [3.63, 3.8) is 0 Å². The number of aryl methyl sites for hydroxylation is 1. The van der Waals surface area contributed by atoms with Crippen LogP contribution >= 0.6 is 0 Å². The Morgan fingerprint density at radius 1 is 1.09 bits per heavy atom. The van der Waals surface area contributed by atoms with Gasteiger partial charge < -0.3 is 10.1 Å². The lowest BCUT2D eigenvalue weighted by molar-refractivity contribution is -0.141. The molecule has 0 unspecified atom stereocenters. The van der Waals surface area contributed by atoms with Crippen LogP contribution in [-0.4, -0.2) is 24.5 Å². The fraction of sp³-hybridized carbons (Fsp3) is 0.105. The lowest BCUT2D eigenvalue weighted by Crippen LogP contribution is -2.18. The minimum absolute atomic E-state index is 0.0696. The second-order valence-corrected chi connectivity index (χ2v) is 8.05. The summed E-state index contributed by atoms with van der Waals surface area (Å²) in [6, 6.07) is 8.64. The molecule has 1 amide bonds. The van der Waals surface area contributed by atoms with Crippen LogP contribution in [0, 0.1) is 12.7 Å². The molecule has 3 aromatic rings. The Morgan fingerprint density at radius 3 is 2.47 bits per heavy atom. The third-order valence-corrected chi connectivity index (χ3v) is 4.98. The van der Waals surface area contributed by atoms with Crippen molar-refractivity contribution in [1.82, 2.24) is 10.2 Å². The van der Waals surface area contributed by atoms with Crippen molar-refractivity contribution in [3.8, 4) is 11.6 Å². The number of carbonyl (C=O) groups excluding carboxylic acids is 1. The summed E-state index contributed by atoms with van der Waals surface area (Å²) in [7, 11) is -4.09. The highest BCUT2D eigenvalue weighted by molar-refractivity contribution is 7.89. The summed E-state index contributed by atoms with van der Waals surface area (Å²) < 4.78 is 81.2. The Hall–Kier alpha value is -3.58. The average molecular weight is 470 g/mol. The van der Waals surface area contributed by atoms with E-state index in [0.717, 1.165) is 18.2 Å². The van der Waals surface area contributed by atoms with E-state index in [-0.39, 0.29) is 16.3 Å². The Kier molecular flexibility index (Phi) is 6.14. The number of hydrogen-bond donors (Lipinski definition) is 2. The maximum Gasteiger partial charge on any atom is 0.435 e. The normalized spacial score (nSPS) is 11.8. The molecule has 0 spiro atoms. The molecule has 0 fully saturated rings. The minimum Gasteiger partial charge on any atom is -0.437 e. The maximum atomic E-state index is 13.5. The molecule has 3 rings (SSSR count). The molecule has 0 saturated carbocycles. The summed E-state index contributed by atoms with van der Waals surface area (Å²) in [5.74, 6) is -2.51. The van der Waals surface area contributed by atoms with Gasteiger partial charge in [-0.3, -0.25) is 4.79 Å². The van der Waals surface area contributed by atoms with Crippen LogP contribution in [0.15, 0.2) is 53.4 Å². The molecule has 3 N–H and O–H groups in total. The van der Waals surface area contributed by atoms with E-state index >= 15 is 0 Å². The Balaban J connectivity index is 2.02. The average Bonchev–Trinajstić information content (AvgIpc) is 2.69. The summed E-state index contributed by atoms with van der Waals surface area (Å²) >= 11 is 0. The van der Waals surface area contributed by atoms with Crippen molar-refractivity contribution < 1.29 is 35.5 Å². The van der Waals surface area contributed by atoms with Gasteiger partial charge in [0.25, 0.3) is 11.8 Å². The third kappa shape index (κ3) is 5.36. The molecule has 0 aliphatic heterocycles. The molecule has 32 heavy (non-hydrogen) atoms. The van der Waals surface area contributed by atoms with E-state index in [2.05, 4.69) is 15.5 Å². The molecule has 0 saturated heterocycles. The summed E-state index contributed by atoms with van der Waals surface area (Å²) in [5, 5.41) is 13.7. The number of alkyl halides is 3. The van der Waals surface area contributed by atoms with Gasteiger partial charge in [-0.05, 0) is 42.8 Å². The number of sulfonamides is 1. The van der Waals surface area contributed by atoms with Gasteiger partial charge in [0.2, 0.25) is 10.0 Å². The molecular weight excluding hydrogens is 456 g/mol. The number of carbonyl (C=O) groups is 1. The van der Waals surface area contributed by atoms with Gasteiger partial charge in [0, 0.05) is 11.8 Å². The van der Waals surface area contributed by atoms with Gasteiger partial charge in [-0.1, -0.05) is 12.1 Å². The van der Waals surface area contributed by atoms with Gasteiger partial charge in [-0.25, -0.2) is 17.9 Å². The van der Waals surface area contributed by atoms with Crippen molar-refractivity contribution in [2.45, 2.75) is 18.0 Å². The van der Waals surface area contributed by atoms with Crippen LogP contribution in [0.5, 0.6) is 11.6 Å². The van der Waals surface area contributed by atoms with Crippen LogP contribution in [0.2, 0.25) is 0 Å². The van der Waals surface area contributed by atoms with Crippen molar-refractivity contribution in [2.75, 3.05) is 5.32 Å². The number of amides is 1. The zero-order chi connectivity index (χ0) is 23.7. The Bertz CT molecular complexity index is 1300. The van der Waals surface area contributed by atoms with Crippen molar-refractivity contribution in [1.29, 1.82) is 0 Å². The smallest absolute Gasteiger partial charge is 0.435 e. The number of hydrogen-bond acceptors (Lipinski definition) is 6. The molecule has 0 aliphatic carbocycles. The number of nitrogens with one attached hydrogen (secondary N) is 1. The number of nitrogens with two attached hydrogens (primary N) is 1.